The molecule has 0 atom stereocenters. The zero-order valence-corrected chi connectivity index (χ0v) is 16.7. The Morgan fingerprint density at radius 1 is 0.923 bits per heavy atom. The highest BCUT2D eigenvalue weighted by atomic mass is 32.2. The molecule has 0 saturated heterocycles. The second-order valence-electron chi connectivity index (χ2n) is 7.77. The zero-order chi connectivity index (χ0) is 18.9. The molecule has 1 heterocycles. The molecular weight excluding hydrogens is 348 g/mol. The monoisotopic (exact) mass is 374 g/mol. The largest absolute Gasteiger partial charge is 0.454 e. The lowest BCUT2D eigenvalue weighted by molar-refractivity contribution is 0.173. The first kappa shape index (κ1) is 18.8. The predicted octanol–water partition coefficient (Wildman–Crippen LogP) is 4.22. The fourth-order valence-electron chi connectivity index (χ4n) is 2.94. The molecule has 4 nitrogen and oxygen atoms in total. The molecule has 0 N–H and O–H groups in total. The number of hydrogen-bond donors (Lipinski definition) is 0. The number of ether oxygens (including phenoxy) is 2. The lowest BCUT2D eigenvalue weighted by Crippen LogP contribution is -2.29. The Bertz CT molecular complexity index is 891. The van der Waals surface area contributed by atoms with E-state index >= 15 is 0 Å². The maximum absolute atomic E-state index is 12.3. The highest BCUT2D eigenvalue weighted by Crippen LogP contribution is 2.37. The quantitative estimate of drug-likeness (QED) is 0.786. The molecule has 0 radical (unpaired) electrons. The van der Waals surface area contributed by atoms with Crippen LogP contribution in [0.4, 0.5) is 0 Å². The van der Waals surface area contributed by atoms with E-state index in [0.717, 1.165) is 35.5 Å². The number of benzene rings is 2. The Morgan fingerprint density at radius 3 is 2.23 bits per heavy atom. The van der Waals surface area contributed by atoms with Gasteiger partial charge in [0.2, 0.25) is 6.79 Å². The van der Waals surface area contributed by atoms with E-state index in [9.17, 15) is 8.42 Å². The number of sulfone groups is 1. The fourth-order valence-corrected chi connectivity index (χ4v) is 4.00. The van der Waals surface area contributed by atoms with Crippen molar-refractivity contribution in [2.24, 2.45) is 0 Å². The maximum Gasteiger partial charge on any atom is 0.231 e. The van der Waals surface area contributed by atoms with Gasteiger partial charge in [0.1, 0.15) is 0 Å². The molecule has 140 valence electrons. The average Bonchev–Trinajstić information content (AvgIpc) is 3.04. The number of rotatable bonds is 5. The highest BCUT2D eigenvalue weighted by molar-refractivity contribution is 7.91. The number of fused-ring (bicyclic) bond motifs is 1. The van der Waals surface area contributed by atoms with E-state index in [1.54, 1.807) is 20.8 Å². The molecular formula is C21H26O4S. The molecule has 1 aliphatic heterocycles. The van der Waals surface area contributed by atoms with Crippen molar-refractivity contribution in [3.63, 3.8) is 0 Å². The van der Waals surface area contributed by atoms with Crippen LogP contribution < -0.4 is 9.47 Å². The topological polar surface area (TPSA) is 52.6 Å². The average molecular weight is 375 g/mol. The third-order valence-electron chi connectivity index (χ3n) is 4.90. The second-order valence-corrected chi connectivity index (χ2v) is 10.5. The standard InChI is InChI=1S/C21H26O4S/c1-15-18(11-12-19-20(15)25-14-24-19)10-9-16-5-7-17(8-6-16)13-26(22,23)21(2,3)4/h5-8,11-12H,9-10,13-14H2,1-4H3. The van der Waals surface area contributed by atoms with Crippen LogP contribution in [0.15, 0.2) is 36.4 Å². The molecule has 0 aromatic heterocycles. The summed E-state index contributed by atoms with van der Waals surface area (Å²) in [5, 5.41) is 0. The molecule has 3 rings (SSSR count). The van der Waals surface area contributed by atoms with E-state index in [1.807, 2.05) is 30.3 Å². The summed E-state index contributed by atoms with van der Waals surface area (Å²) in [6.07, 6.45) is 1.80. The van der Waals surface area contributed by atoms with Crippen LogP contribution in [0.2, 0.25) is 0 Å². The van der Waals surface area contributed by atoms with E-state index in [4.69, 9.17) is 9.47 Å². The lowest BCUT2D eigenvalue weighted by Gasteiger charge is -2.19. The predicted molar refractivity (Wildman–Crippen MR) is 104 cm³/mol. The van der Waals surface area contributed by atoms with Gasteiger partial charge in [0.25, 0.3) is 0 Å². The van der Waals surface area contributed by atoms with Crippen LogP contribution in [-0.2, 0) is 28.4 Å². The summed E-state index contributed by atoms with van der Waals surface area (Å²) in [6.45, 7) is 7.57. The summed E-state index contributed by atoms with van der Waals surface area (Å²) in [7, 11) is -3.16. The molecule has 2 aromatic rings. The van der Waals surface area contributed by atoms with E-state index in [1.165, 1.54) is 11.1 Å². The molecule has 0 unspecified atom stereocenters. The van der Waals surface area contributed by atoms with Gasteiger partial charge in [0.15, 0.2) is 21.3 Å². The van der Waals surface area contributed by atoms with Gasteiger partial charge in [-0.05, 0) is 68.9 Å². The minimum Gasteiger partial charge on any atom is -0.454 e. The van der Waals surface area contributed by atoms with Crippen molar-refractivity contribution in [3.05, 3.63) is 58.7 Å². The zero-order valence-electron chi connectivity index (χ0n) is 15.8. The minimum absolute atomic E-state index is 0.0814. The van der Waals surface area contributed by atoms with Gasteiger partial charge in [0, 0.05) is 0 Å². The van der Waals surface area contributed by atoms with Crippen LogP contribution in [0, 0.1) is 6.92 Å². The van der Waals surface area contributed by atoms with Crippen LogP contribution in [0.5, 0.6) is 11.5 Å². The molecule has 5 heteroatoms. The van der Waals surface area contributed by atoms with Crippen LogP contribution >= 0.6 is 0 Å². The van der Waals surface area contributed by atoms with Gasteiger partial charge in [-0.3, -0.25) is 0 Å². The molecule has 0 aliphatic carbocycles. The van der Waals surface area contributed by atoms with Crippen molar-refractivity contribution in [1.29, 1.82) is 0 Å². The normalized spacial score (nSPS) is 13.8. The fraction of sp³-hybridized carbons (Fsp3) is 0.429. The van der Waals surface area contributed by atoms with Gasteiger partial charge in [0.05, 0.1) is 10.5 Å². The summed E-state index contributed by atoms with van der Waals surface area (Å²) in [6, 6.07) is 11.9. The number of aryl methyl sites for hydroxylation is 2. The minimum atomic E-state index is -3.16. The smallest absolute Gasteiger partial charge is 0.231 e. The Labute approximate surface area is 156 Å². The second kappa shape index (κ2) is 6.95. The summed E-state index contributed by atoms with van der Waals surface area (Å²) in [5.41, 5.74) is 4.41. The van der Waals surface area contributed by atoms with Crippen molar-refractivity contribution in [1.82, 2.24) is 0 Å². The van der Waals surface area contributed by atoms with Crippen molar-refractivity contribution >= 4 is 9.84 Å². The van der Waals surface area contributed by atoms with Crippen LogP contribution in [-0.4, -0.2) is 20.0 Å². The molecule has 2 aromatic carbocycles. The third-order valence-corrected chi connectivity index (χ3v) is 7.47. The summed E-state index contributed by atoms with van der Waals surface area (Å²) >= 11 is 0. The van der Waals surface area contributed by atoms with E-state index < -0.39 is 14.6 Å². The number of hydrogen-bond acceptors (Lipinski definition) is 4. The Balaban J connectivity index is 1.66. The Morgan fingerprint density at radius 2 is 1.58 bits per heavy atom. The van der Waals surface area contributed by atoms with E-state index in [2.05, 4.69) is 13.0 Å². The van der Waals surface area contributed by atoms with E-state index in [-0.39, 0.29) is 5.75 Å². The van der Waals surface area contributed by atoms with Gasteiger partial charge in [-0.15, -0.1) is 0 Å². The molecule has 1 aliphatic rings. The molecule has 0 amide bonds. The molecule has 26 heavy (non-hydrogen) atoms. The Kier molecular flexibility index (Phi) is 5.02. The molecule has 0 saturated carbocycles. The van der Waals surface area contributed by atoms with Gasteiger partial charge >= 0.3 is 0 Å². The Hall–Kier alpha value is -2.01. The highest BCUT2D eigenvalue weighted by Gasteiger charge is 2.28. The summed E-state index contributed by atoms with van der Waals surface area (Å²) < 4.78 is 34.9. The van der Waals surface area contributed by atoms with Crippen molar-refractivity contribution in [3.8, 4) is 11.5 Å². The van der Waals surface area contributed by atoms with Crippen molar-refractivity contribution in [2.75, 3.05) is 6.79 Å². The van der Waals surface area contributed by atoms with Crippen molar-refractivity contribution < 1.29 is 17.9 Å². The molecule has 0 fully saturated rings. The van der Waals surface area contributed by atoms with Gasteiger partial charge in [-0.2, -0.15) is 0 Å². The van der Waals surface area contributed by atoms with Crippen molar-refractivity contribution in [2.45, 2.75) is 51.0 Å². The van der Waals surface area contributed by atoms with Gasteiger partial charge < -0.3 is 9.47 Å². The lowest BCUT2D eigenvalue weighted by atomic mass is 9.99. The molecule has 0 bridgehead atoms. The molecule has 0 spiro atoms. The van der Waals surface area contributed by atoms with Gasteiger partial charge in [-0.25, -0.2) is 8.42 Å². The first-order valence-electron chi connectivity index (χ1n) is 8.85. The first-order chi connectivity index (χ1) is 12.2. The van der Waals surface area contributed by atoms with Crippen LogP contribution in [0.3, 0.4) is 0 Å². The third kappa shape index (κ3) is 3.88. The van der Waals surface area contributed by atoms with Gasteiger partial charge in [-0.1, -0.05) is 30.3 Å². The van der Waals surface area contributed by atoms with Crippen LogP contribution in [0.1, 0.15) is 43.0 Å². The summed E-state index contributed by atoms with van der Waals surface area (Å²) in [4.78, 5) is 0. The van der Waals surface area contributed by atoms with Crippen LogP contribution in [0.25, 0.3) is 0 Å². The first-order valence-corrected chi connectivity index (χ1v) is 10.5. The SMILES string of the molecule is Cc1c(CCc2ccc(CS(=O)(=O)C(C)(C)C)cc2)ccc2c1OCO2. The summed E-state index contributed by atoms with van der Waals surface area (Å²) in [5.74, 6) is 1.75. The maximum atomic E-state index is 12.3. The van der Waals surface area contributed by atoms with E-state index in [0.29, 0.717) is 6.79 Å².